The van der Waals surface area contributed by atoms with Crippen molar-refractivity contribution in [3.05, 3.63) is 18.1 Å². The SMILES string of the molecule is COc1cc(CC(O)C2CCCOC2)ncn1. The van der Waals surface area contributed by atoms with Crippen LogP contribution in [0.5, 0.6) is 5.88 Å². The Morgan fingerprint density at radius 1 is 1.59 bits per heavy atom. The lowest BCUT2D eigenvalue weighted by Gasteiger charge is -2.26. The van der Waals surface area contributed by atoms with Crippen LogP contribution in [0.15, 0.2) is 12.4 Å². The van der Waals surface area contributed by atoms with Gasteiger partial charge in [0.05, 0.1) is 25.5 Å². The lowest BCUT2D eigenvalue weighted by atomic mass is 9.93. The van der Waals surface area contributed by atoms with Gasteiger partial charge >= 0.3 is 0 Å². The molecule has 17 heavy (non-hydrogen) atoms. The molecular weight excluding hydrogens is 220 g/mol. The van der Waals surface area contributed by atoms with E-state index >= 15 is 0 Å². The summed E-state index contributed by atoms with van der Waals surface area (Å²) in [5.41, 5.74) is 0.801. The van der Waals surface area contributed by atoms with E-state index in [1.807, 2.05) is 0 Å². The predicted octanol–water partition coefficient (Wildman–Crippen LogP) is 0.815. The van der Waals surface area contributed by atoms with Gasteiger partial charge in [-0.1, -0.05) is 0 Å². The number of rotatable bonds is 4. The predicted molar refractivity (Wildman–Crippen MR) is 61.8 cm³/mol. The van der Waals surface area contributed by atoms with E-state index < -0.39 is 6.10 Å². The summed E-state index contributed by atoms with van der Waals surface area (Å²) in [7, 11) is 1.57. The third-order valence-corrected chi connectivity index (χ3v) is 3.07. The molecule has 0 spiro atoms. The van der Waals surface area contributed by atoms with Crippen LogP contribution in [0.3, 0.4) is 0 Å². The monoisotopic (exact) mass is 238 g/mol. The second kappa shape index (κ2) is 5.93. The first-order valence-corrected chi connectivity index (χ1v) is 5.90. The Bertz CT molecular complexity index is 353. The average Bonchev–Trinajstić information content (AvgIpc) is 2.40. The maximum Gasteiger partial charge on any atom is 0.216 e. The molecule has 2 rings (SSSR count). The van der Waals surface area contributed by atoms with Gasteiger partial charge < -0.3 is 14.6 Å². The van der Waals surface area contributed by atoms with Crippen molar-refractivity contribution in [1.29, 1.82) is 0 Å². The molecule has 1 fully saturated rings. The molecular formula is C12H18N2O3. The number of aliphatic hydroxyl groups is 1. The van der Waals surface area contributed by atoms with E-state index in [0.717, 1.165) is 25.1 Å². The fourth-order valence-electron chi connectivity index (χ4n) is 2.05. The highest BCUT2D eigenvalue weighted by Gasteiger charge is 2.23. The molecule has 0 saturated carbocycles. The van der Waals surface area contributed by atoms with Gasteiger partial charge in [-0.15, -0.1) is 0 Å². The fourth-order valence-corrected chi connectivity index (χ4v) is 2.05. The van der Waals surface area contributed by atoms with Gasteiger partial charge in [0.1, 0.15) is 6.33 Å². The van der Waals surface area contributed by atoms with Gasteiger partial charge in [-0.05, 0) is 12.8 Å². The molecule has 0 bridgehead atoms. The summed E-state index contributed by atoms with van der Waals surface area (Å²) >= 11 is 0. The Balaban J connectivity index is 1.94. The highest BCUT2D eigenvalue weighted by Crippen LogP contribution is 2.20. The topological polar surface area (TPSA) is 64.5 Å². The number of aromatic nitrogens is 2. The van der Waals surface area contributed by atoms with Crippen molar-refractivity contribution < 1.29 is 14.6 Å². The van der Waals surface area contributed by atoms with Crippen LogP contribution in [0.4, 0.5) is 0 Å². The smallest absolute Gasteiger partial charge is 0.216 e. The minimum absolute atomic E-state index is 0.213. The summed E-state index contributed by atoms with van der Waals surface area (Å²) in [6.45, 7) is 1.45. The Morgan fingerprint density at radius 2 is 2.47 bits per heavy atom. The largest absolute Gasteiger partial charge is 0.481 e. The van der Waals surface area contributed by atoms with Crippen molar-refractivity contribution in [2.75, 3.05) is 20.3 Å². The highest BCUT2D eigenvalue weighted by atomic mass is 16.5. The summed E-state index contributed by atoms with van der Waals surface area (Å²) in [6, 6.07) is 1.76. The molecule has 0 aromatic carbocycles. The zero-order chi connectivity index (χ0) is 12.1. The Kier molecular flexibility index (Phi) is 4.28. The molecule has 2 unspecified atom stereocenters. The van der Waals surface area contributed by atoms with Crippen molar-refractivity contribution in [3.8, 4) is 5.88 Å². The van der Waals surface area contributed by atoms with Crippen LogP contribution in [0, 0.1) is 5.92 Å². The van der Waals surface area contributed by atoms with Crippen LogP contribution in [0.2, 0.25) is 0 Å². The van der Waals surface area contributed by atoms with Gasteiger partial charge in [-0.3, -0.25) is 0 Å². The number of methoxy groups -OCH3 is 1. The minimum Gasteiger partial charge on any atom is -0.481 e. The molecule has 0 amide bonds. The molecule has 5 heteroatoms. The first-order valence-electron chi connectivity index (χ1n) is 5.90. The Hall–Kier alpha value is -1.20. The molecule has 1 N–H and O–H groups in total. The number of aliphatic hydroxyl groups excluding tert-OH is 1. The number of hydrogen-bond donors (Lipinski definition) is 1. The van der Waals surface area contributed by atoms with Gasteiger partial charge in [0.2, 0.25) is 5.88 Å². The number of nitrogens with zero attached hydrogens (tertiary/aromatic N) is 2. The molecule has 94 valence electrons. The van der Waals surface area contributed by atoms with Crippen molar-refractivity contribution in [2.45, 2.75) is 25.4 Å². The fraction of sp³-hybridized carbons (Fsp3) is 0.667. The van der Waals surface area contributed by atoms with Crippen LogP contribution >= 0.6 is 0 Å². The van der Waals surface area contributed by atoms with Crippen molar-refractivity contribution in [1.82, 2.24) is 9.97 Å². The third kappa shape index (κ3) is 3.38. The number of ether oxygens (including phenoxy) is 2. The van der Waals surface area contributed by atoms with E-state index in [1.165, 1.54) is 6.33 Å². The van der Waals surface area contributed by atoms with Crippen molar-refractivity contribution in [3.63, 3.8) is 0 Å². The van der Waals surface area contributed by atoms with E-state index in [1.54, 1.807) is 13.2 Å². The first kappa shape index (κ1) is 12.3. The van der Waals surface area contributed by atoms with Crippen LogP contribution in [-0.4, -0.2) is 41.5 Å². The summed E-state index contributed by atoms with van der Waals surface area (Å²) in [6.07, 6.45) is 3.61. The standard InChI is InChI=1S/C12H18N2O3/c1-16-12-6-10(13-8-14-12)5-11(15)9-3-2-4-17-7-9/h6,8-9,11,15H,2-5,7H2,1H3. The summed E-state index contributed by atoms with van der Waals surface area (Å²) in [5, 5.41) is 10.1. The van der Waals surface area contributed by atoms with E-state index in [4.69, 9.17) is 9.47 Å². The molecule has 5 nitrogen and oxygen atoms in total. The summed E-state index contributed by atoms with van der Waals surface area (Å²) in [4.78, 5) is 8.07. The minimum atomic E-state index is -0.407. The Labute approximate surface area is 101 Å². The molecule has 0 radical (unpaired) electrons. The maximum atomic E-state index is 10.1. The van der Waals surface area contributed by atoms with Gasteiger partial charge in [-0.2, -0.15) is 0 Å². The molecule has 0 aliphatic carbocycles. The second-order valence-electron chi connectivity index (χ2n) is 4.30. The molecule has 2 atom stereocenters. The quantitative estimate of drug-likeness (QED) is 0.841. The average molecular weight is 238 g/mol. The molecule has 1 aliphatic heterocycles. The van der Waals surface area contributed by atoms with E-state index in [2.05, 4.69) is 9.97 Å². The van der Waals surface area contributed by atoms with Crippen LogP contribution < -0.4 is 4.74 Å². The zero-order valence-electron chi connectivity index (χ0n) is 10.0. The first-order chi connectivity index (χ1) is 8.29. The number of hydrogen-bond acceptors (Lipinski definition) is 5. The van der Waals surface area contributed by atoms with Crippen LogP contribution in [0.25, 0.3) is 0 Å². The molecule has 1 saturated heterocycles. The summed E-state index contributed by atoms with van der Waals surface area (Å²) in [5.74, 6) is 0.742. The summed E-state index contributed by atoms with van der Waals surface area (Å²) < 4.78 is 10.4. The van der Waals surface area contributed by atoms with Gasteiger partial charge in [-0.25, -0.2) is 9.97 Å². The van der Waals surface area contributed by atoms with Gasteiger partial charge in [0, 0.05) is 25.0 Å². The third-order valence-electron chi connectivity index (χ3n) is 3.07. The van der Waals surface area contributed by atoms with Crippen molar-refractivity contribution >= 4 is 0 Å². The normalized spacial score (nSPS) is 22.1. The van der Waals surface area contributed by atoms with Crippen LogP contribution in [0.1, 0.15) is 18.5 Å². The van der Waals surface area contributed by atoms with E-state index in [-0.39, 0.29) is 5.92 Å². The Morgan fingerprint density at radius 3 is 3.18 bits per heavy atom. The van der Waals surface area contributed by atoms with Crippen LogP contribution in [-0.2, 0) is 11.2 Å². The highest BCUT2D eigenvalue weighted by molar-refractivity contribution is 5.14. The van der Waals surface area contributed by atoms with E-state index in [9.17, 15) is 5.11 Å². The molecule has 1 aromatic rings. The molecule has 1 aromatic heterocycles. The lowest BCUT2D eigenvalue weighted by molar-refractivity contribution is -0.00880. The van der Waals surface area contributed by atoms with Gasteiger partial charge in [0.25, 0.3) is 0 Å². The van der Waals surface area contributed by atoms with E-state index in [0.29, 0.717) is 18.9 Å². The van der Waals surface area contributed by atoms with Gasteiger partial charge in [0.15, 0.2) is 0 Å². The van der Waals surface area contributed by atoms with Crippen molar-refractivity contribution in [2.24, 2.45) is 5.92 Å². The molecule has 1 aliphatic rings. The maximum absolute atomic E-state index is 10.1. The lowest BCUT2D eigenvalue weighted by Crippen LogP contribution is -2.30. The molecule has 2 heterocycles. The second-order valence-corrected chi connectivity index (χ2v) is 4.30. The zero-order valence-corrected chi connectivity index (χ0v) is 10.0.